The number of nitrogens with zero attached hydrogens (tertiary/aromatic N) is 5. The number of aryl methyl sites for hydroxylation is 2. The van der Waals surface area contributed by atoms with Crippen molar-refractivity contribution >= 4 is 45.6 Å². The highest BCUT2D eigenvalue weighted by Crippen LogP contribution is 2.29. The molecule has 0 fully saturated rings. The van der Waals surface area contributed by atoms with Crippen molar-refractivity contribution in [2.75, 3.05) is 5.32 Å². The van der Waals surface area contributed by atoms with Gasteiger partial charge >= 0.3 is 0 Å². The fourth-order valence-corrected chi connectivity index (χ4v) is 3.96. The number of para-hydroxylation sites is 1. The van der Waals surface area contributed by atoms with Gasteiger partial charge in [0.15, 0.2) is 11.5 Å². The van der Waals surface area contributed by atoms with Crippen LogP contribution in [0, 0.1) is 6.92 Å². The van der Waals surface area contributed by atoms with Gasteiger partial charge < -0.3 is 14.4 Å². The summed E-state index contributed by atoms with van der Waals surface area (Å²) >= 11 is 1.30. The molecule has 3 heterocycles. The fraction of sp³-hybridized carbons (Fsp3) is 0.316. The average molecular weight is 396 g/mol. The van der Waals surface area contributed by atoms with Gasteiger partial charge in [-0.15, -0.1) is 10.2 Å². The van der Waals surface area contributed by atoms with Crippen molar-refractivity contribution in [2.45, 2.75) is 44.1 Å². The second-order valence-electron chi connectivity index (χ2n) is 6.35. The minimum atomic E-state index is -0.365. The molecular formula is C19H20N6O2S. The number of nitrogens with one attached hydrogen (secondary N) is 1. The Labute approximate surface area is 165 Å². The Kier molecular flexibility index (Phi) is 4.99. The maximum absolute atomic E-state index is 12.6. The maximum atomic E-state index is 12.6. The summed E-state index contributed by atoms with van der Waals surface area (Å²) in [4.78, 5) is 17.3. The number of rotatable bonds is 6. The van der Waals surface area contributed by atoms with Gasteiger partial charge in [-0.1, -0.05) is 42.0 Å². The van der Waals surface area contributed by atoms with Gasteiger partial charge in [0.05, 0.1) is 10.8 Å². The van der Waals surface area contributed by atoms with E-state index in [1.54, 1.807) is 13.0 Å². The molecule has 28 heavy (non-hydrogen) atoms. The van der Waals surface area contributed by atoms with Gasteiger partial charge in [0.1, 0.15) is 11.3 Å². The molecule has 4 rings (SSSR count). The summed E-state index contributed by atoms with van der Waals surface area (Å²) in [5.74, 6) is 0.879. The molecule has 0 spiro atoms. The Morgan fingerprint density at radius 3 is 2.82 bits per heavy atom. The lowest BCUT2D eigenvalue weighted by atomic mass is 10.2. The number of aromatic nitrogens is 5. The number of amides is 1. The first kappa shape index (κ1) is 18.4. The lowest BCUT2D eigenvalue weighted by Crippen LogP contribution is -2.25. The van der Waals surface area contributed by atoms with E-state index in [0.29, 0.717) is 23.2 Å². The van der Waals surface area contributed by atoms with Crippen LogP contribution in [0.3, 0.4) is 0 Å². The molecule has 0 bridgehead atoms. The minimum absolute atomic E-state index is 0.166. The van der Waals surface area contributed by atoms with Crippen LogP contribution in [0.5, 0.6) is 0 Å². The van der Waals surface area contributed by atoms with E-state index in [4.69, 9.17) is 9.51 Å². The second kappa shape index (κ2) is 7.59. The highest BCUT2D eigenvalue weighted by Gasteiger charge is 2.22. The third-order valence-corrected chi connectivity index (χ3v) is 5.68. The van der Waals surface area contributed by atoms with Gasteiger partial charge in [-0.3, -0.25) is 4.79 Å². The van der Waals surface area contributed by atoms with E-state index in [-0.39, 0.29) is 11.2 Å². The van der Waals surface area contributed by atoms with Crippen molar-refractivity contribution in [1.82, 2.24) is 24.9 Å². The summed E-state index contributed by atoms with van der Waals surface area (Å²) in [5.41, 5.74) is 2.64. The third kappa shape index (κ3) is 3.33. The zero-order valence-corrected chi connectivity index (χ0v) is 16.7. The lowest BCUT2D eigenvalue weighted by Gasteiger charge is -2.12. The number of fused-ring (bicyclic) bond motifs is 3. The van der Waals surface area contributed by atoms with Gasteiger partial charge in [0.25, 0.3) is 0 Å². The van der Waals surface area contributed by atoms with Crippen molar-refractivity contribution in [3.8, 4) is 0 Å². The Morgan fingerprint density at radius 1 is 1.29 bits per heavy atom. The van der Waals surface area contributed by atoms with Crippen LogP contribution in [0.15, 0.2) is 40.0 Å². The Morgan fingerprint density at radius 2 is 2.11 bits per heavy atom. The molecule has 9 heteroatoms. The molecule has 0 aliphatic rings. The van der Waals surface area contributed by atoms with Crippen LogP contribution in [0.1, 0.15) is 26.0 Å². The zero-order valence-electron chi connectivity index (χ0n) is 15.8. The number of benzene rings is 1. The maximum Gasteiger partial charge on any atom is 0.239 e. The number of hydrogen-bond acceptors (Lipinski definition) is 7. The first-order valence-corrected chi connectivity index (χ1v) is 10.0. The predicted molar refractivity (Wildman–Crippen MR) is 108 cm³/mol. The number of thioether (sulfide) groups is 1. The number of carbonyl (C=O) groups is 1. The second-order valence-corrected chi connectivity index (χ2v) is 7.52. The van der Waals surface area contributed by atoms with E-state index in [1.807, 2.05) is 25.1 Å². The molecule has 8 nitrogen and oxygen atoms in total. The van der Waals surface area contributed by atoms with Crippen LogP contribution < -0.4 is 5.32 Å². The summed E-state index contributed by atoms with van der Waals surface area (Å²) in [7, 11) is 0. The number of hydrogen-bond donors (Lipinski definition) is 1. The van der Waals surface area contributed by atoms with E-state index < -0.39 is 0 Å². The van der Waals surface area contributed by atoms with Gasteiger partial charge in [-0.25, -0.2) is 4.98 Å². The Balaban J connectivity index is 1.62. The molecule has 1 amide bonds. The molecule has 1 N–H and O–H groups in total. The summed E-state index contributed by atoms with van der Waals surface area (Å²) < 4.78 is 7.10. The standard InChI is InChI=1S/C19H20N6O2S/c1-4-14(18(26)20-15-10-11(3)27-24-15)28-19-21-17-16(22-23-19)12-8-6-7-9-13(12)25(17)5-2/h6-10,14H,4-5H2,1-3H3,(H,20,24,26)/t14-/m1/s1. The van der Waals surface area contributed by atoms with Crippen molar-refractivity contribution in [3.63, 3.8) is 0 Å². The van der Waals surface area contributed by atoms with Crippen molar-refractivity contribution in [2.24, 2.45) is 0 Å². The normalized spacial score (nSPS) is 12.5. The molecular weight excluding hydrogens is 376 g/mol. The summed E-state index contributed by atoms with van der Waals surface area (Å²) in [6.45, 7) is 6.57. The summed E-state index contributed by atoms with van der Waals surface area (Å²) in [6.07, 6.45) is 0.617. The van der Waals surface area contributed by atoms with Crippen LogP contribution in [0.2, 0.25) is 0 Å². The molecule has 0 saturated carbocycles. The Bertz CT molecular complexity index is 1150. The number of carbonyl (C=O) groups excluding carboxylic acids is 1. The van der Waals surface area contributed by atoms with Crippen molar-refractivity contribution < 1.29 is 9.32 Å². The van der Waals surface area contributed by atoms with Gasteiger partial charge in [-0.2, -0.15) is 0 Å². The van der Waals surface area contributed by atoms with E-state index in [1.165, 1.54) is 11.8 Å². The van der Waals surface area contributed by atoms with Crippen LogP contribution in [0.4, 0.5) is 5.82 Å². The molecule has 4 aromatic rings. The van der Waals surface area contributed by atoms with Crippen LogP contribution in [-0.2, 0) is 11.3 Å². The molecule has 3 aromatic heterocycles. The highest BCUT2D eigenvalue weighted by atomic mass is 32.2. The summed E-state index contributed by atoms with van der Waals surface area (Å²) in [6, 6.07) is 9.74. The van der Waals surface area contributed by atoms with Crippen LogP contribution in [-0.4, -0.2) is 36.1 Å². The molecule has 0 unspecified atom stereocenters. The average Bonchev–Trinajstić information content (AvgIpc) is 3.25. The fourth-order valence-electron chi connectivity index (χ4n) is 3.14. The van der Waals surface area contributed by atoms with Crippen LogP contribution >= 0.6 is 11.8 Å². The van der Waals surface area contributed by atoms with Crippen molar-refractivity contribution in [1.29, 1.82) is 0 Å². The lowest BCUT2D eigenvalue weighted by molar-refractivity contribution is -0.115. The molecule has 0 saturated heterocycles. The molecule has 0 radical (unpaired) electrons. The molecule has 1 aromatic carbocycles. The van der Waals surface area contributed by atoms with E-state index in [9.17, 15) is 4.79 Å². The topological polar surface area (TPSA) is 98.7 Å². The van der Waals surface area contributed by atoms with E-state index >= 15 is 0 Å². The van der Waals surface area contributed by atoms with E-state index in [2.05, 4.69) is 38.2 Å². The summed E-state index contributed by atoms with van der Waals surface area (Å²) in [5, 5.41) is 16.4. The predicted octanol–water partition coefficient (Wildman–Crippen LogP) is 3.81. The molecule has 1 atom stereocenters. The quantitative estimate of drug-likeness (QED) is 0.495. The molecule has 144 valence electrons. The third-order valence-electron chi connectivity index (χ3n) is 4.46. The van der Waals surface area contributed by atoms with Gasteiger partial charge in [0, 0.05) is 18.0 Å². The first-order valence-electron chi connectivity index (χ1n) is 9.13. The SMILES string of the molecule is CC[C@@H](Sc1nnc2c3ccccc3n(CC)c2n1)C(=O)Nc1cc(C)on1. The van der Waals surface area contributed by atoms with Crippen LogP contribution in [0.25, 0.3) is 22.1 Å². The smallest absolute Gasteiger partial charge is 0.239 e. The zero-order chi connectivity index (χ0) is 19.7. The van der Waals surface area contributed by atoms with Gasteiger partial charge in [-0.05, 0) is 26.3 Å². The largest absolute Gasteiger partial charge is 0.360 e. The molecule has 0 aliphatic heterocycles. The van der Waals surface area contributed by atoms with E-state index in [0.717, 1.165) is 28.6 Å². The Hall–Kier alpha value is -2.94. The van der Waals surface area contributed by atoms with Gasteiger partial charge in [0.2, 0.25) is 11.1 Å². The molecule has 0 aliphatic carbocycles. The van der Waals surface area contributed by atoms with Crippen molar-refractivity contribution in [3.05, 3.63) is 36.1 Å². The minimum Gasteiger partial charge on any atom is -0.360 e. The number of anilines is 1. The first-order chi connectivity index (χ1) is 13.6. The monoisotopic (exact) mass is 396 g/mol. The highest BCUT2D eigenvalue weighted by molar-refractivity contribution is 8.00.